The Kier molecular flexibility index (Phi) is 6.12. The predicted molar refractivity (Wildman–Crippen MR) is 103 cm³/mol. The van der Waals surface area contributed by atoms with Gasteiger partial charge in [0.2, 0.25) is 0 Å². The molecule has 0 spiro atoms. The van der Waals surface area contributed by atoms with Gasteiger partial charge in [-0.05, 0) is 30.4 Å². The third-order valence-electron chi connectivity index (χ3n) is 4.94. The van der Waals surface area contributed by atoms with Crippen LogP contribution in [0.4, 0.5) is 0 Å². The first-order valence-corrected chi connectivity index (χ1v) is 10.8. The second-order valence-corrected chi connectivity index (χ2v) is 9.49. The number of rotatable bonds is 10. The number of sulfone groups is 1. The van der Waals surface area contributed by atoms with Crippen LogP contribution in [0.25, 0.3) is 0 Å². The van der Waals surface area contributed by atoms with Gasteiger partial charge in [-0.1, -0.05) is 60.7 Å². The van der Waals surface area contributed by atoms with Crippen LogP contribution < -0.4 is 0 Å². The molecule has 1 aliphatic carbocycles. The van der Waals surface area contributed by atoms with Crippen LogP contribution >= 0.6 is 0 Å². The highest BCUT2D eigenvalue weighted by Gasteiger charge is 2.53. The Morgan fingerprint density at radius 3 is 1.96 bits per heavy atom. The molecule has 2 aromatic rings. The molecule has 26 heavy (non-hydrogen) atoms. The van der Waals surface area contributed by atoms with Crippen LogP contribution in [0.2, 0.25) is 0 Å². The van der Waals surface area contributed by atoms with E-state index in [0.717, 1.165) is 24.0 Å². The molecule has 5 heteroatoms. The number of hydrogen-bond acceptors (Lipinski definition) is 4. The smallest absolute Gasteiger partial charge is 0.153 e. The van der Waals surface area contributed by atoms with Crippen LogP contribution in [0, 0.1) is 0 Å². The van der Waals surface area contributed by atoms with E-state index in [9.17, 15) is 8.42 Å². The molecule has 0 aliphatic heterocycles. The van der Waals surface area contributed by atoms with Gasteiger partial charge in [-0.3, -0.25) is 0 Å². The van der Waals surface area contributed by atoms with Crippen LogP contribution in [0.5, 0.6) is 0 Å². The highest BCUT2D eigenvalue weighted by Crippen LogP contribution is 2.47. The van der Waals surface area contributed by atoms with Gasteiger partial charge in [-0.15, -0.1) is 0 Å². The van der Waals surface area contributed by atoms with E-state index in [1.54, 1.807) is 0 Å². The third-order valence-corrected chi connectivity index (χ3v) is 7.09. The minimum atomic E-state index is -3.08. The Bertz CT molecular complexity index is 783. The summed E-state index contributed by atoms with van der Waals surface area (Å²) < 4.78 is 35.5. The zero-order valence-corrected chi connectivity index (χ0v) is 16.0. The topological polar surface area (TPSA) is 52.6 Å². The first kappa shape index (κ1) is 19.1. The zero-order chi connectivity index (χ0) is 18.5. The van der Waals surface area contributed by atoms with Gasteiger partial charge in [0, 0.05) is 6.26 Å². The van der Waals surface area contributed by atoms with Gasteiger partial charge >= 0.3 is 0 Å². The summed E-state index contributed by atoms with van der Waals surface area (Å²) in [6, 6.07) is 19.9. The Morgan fingerprint density at radius 2 is 1.46 bits per heavy atom. The van der Waals surface area contributed by atoms with Crippen molar-refractivity contribution >= 4 is 9.84 Å². The molecule has 2 aromatic carbocycles. The van der Waals surface area contributed by atoms with E-state index in [1.807, 2.05) is 60.7 Å². The Labute approximate surface area is 156 Å². The maximum Gasteiger partial charge on any atom is 0.153 e. The molecule has 0 bridgehead atoms. The first-order chi connectivity index (χ1) is 12.5. The molecular formula is C21H26O4S. The second kappa shape index (κ2) is 8.33. The molecule has 0 heterocycles. The van der Waals surface area contributed by atoms with Crippen molar-refractivity contribution in [2.75, 3.05) is 12.9 Å². The van der Waals surface area contributed by atoms with E-state index >= 15 is 0 Å². The molecule has 140 valence electrons. The van der Waals surface area contributed by atoms with Crippen LogP contribution in [-0.4, -0.2) is 32.1 Å². The van der Waals surface area contributed by atoms with E-state index in [4.69, 9.17) is 9.47 Å². The van der Waals surface area contributed by atoms with E-state index in [0.29, 0.717) is 26.2 Å². The van der Waals surface area contributed by atoms with Crippen LogP contribution in [0.15, 0.2) is 60.7 Å². The molecule has 4 nitrogen and oxygen atoms in total. The summed E-state index contributed by atoms with van der Waals surface area (Å²) in [5, 5.41) is 0. The molecule has 1 aliphatic rings. The largest absolute Gasteiger partial charge is 0.374 e. The van der Waals surface area contributed by atoms with Crippen molar-refractivity contribution in [3.63, 3.8) is 0 Å². The minimum Gasteiger partial charge on any atom is -0.374 e. The fraction of sp³-hybridized carbons (Fsp3) is 0.429. The molecule has 3 rings (SSSR count). The normalized spacial score (nSPS) is 17.0. The fourth-order valence-corrected chi connectivity index (χ4v) is 4.45. The molecular weight excluding hydrogens is 348 g/mol. The van der Waals surface area contributed by atoms with Gasteiger partial charge in [-0.2, -0.15) is 0 Å². The van der Waals surface area contributed by atoms with Crippen molar-refractivity contribution in [2.24, 2.45) is 0 Å². The average molecular weight is 375 g/mol. The highest BCUT2D eigenvalue weighted by molar-refractivity contribution is 7.92. The summed E-state index contributed by atoms with van der Waals surface area (Å²) in [6.07, 6.45) is 3.02. The fourth-order valence-electron chi connectivity index (χ4n) is 3.12. The molecule has 1 saturated carbocycles. The quantitative estimate of drug-likeness (QED) is 0.635. The lowest BCUT2D eigenvalue weighted by Crippen LogP contribution is -2.31. The van der Waals surface area contributed by atoms with Crippen molar-refractivity contribution in [1.29, 1.82) is 0 Å². The summed E-state index contributed by atoms with van der Waals surface area (Å²) in [7, 11) is -3.08. The summed E-state index contributed by atoms with van der Waals surface area (Å²) >= 11 is 0. The summed E-state index contributed by atoms with van der Waals surface area (Å²) in [4.78, 5) is 0. The van der Waals surface area contributed by atoms with Crippen LogP contribution in [0.1, 0.15) is 30.4 Å². The molecule has 1 fully saturated rings. The van der Waals surface area contributed by atoms with Crippen LogP contribution in [-0.2, 0) is 32.5 Å². The van der Waals surface area contributed by atoms with Gasteiger partial charge in [0.25, 0.3) is 0 Å². The maximum absolute atomic E-state index is 12.1. The first-order valence-electron chi connectivity index (χ1n) is 8.95. The van der Waals surface area contributed by atoms with E-state index in [-0.39, 0.29) is 6.10 Å². The van der Waals surface area contributed by atoms with Crippen LogP contribution in [0.3, 0.4) is 0 Å². The van der Waals surface area contributed by atoms with Gasteiger partial charge in [0.1, 0.15) is 0 Å². The number of ether oxygens (including phenoxy) is 2. The van der Waals surface area contributed by atoms with E-state index in [2.05, 4.69) is 0 Å². The Hall–Kier alpha value is -1.69. The number of benzene rings is 2. The van der Waals surface area contributed by atoms with Crippen molar-refractivity contribution in [2.45, 2.75) is 43.3 Å². The number of hydrogen-bond donors (Lipinski definition) is 0. The second-order valence-electron chi connectivity index (χ2n) is 7.08. The minimum absolute atomic E-state index is 0.240. The SMILES string of the molecule is CS(=O)(=O)C1(C[C@H](COCc2ccccc2)OCc2ccccc2)CC1. The van der Waals surface area contributed by atoms with Crippen molar-refractivity contribution in [1.82, 2.24) is 0 Å². The van der Waals surface area contributed by atoms with Crippen molar-refractivity contribution in [3.05, 3.63) is 71.8 Å². The predicted octanol–water partition coefficient (Wildman–Crippen LogP) is 3.76. The molecule has 0 aromatic heterocycles. The lowest BCUT2D eigenvalue weighted by atomic mass is 10.1. The Balaban J connectivity index is 1.59. The van der Waals surface area contributed by atoms with Gasteiger partial charge in [-0.25, -0.2) is 8.42 Å². The van der Waals surface area contributed by atoms with E-state index < -0.39 is 14.6 Å². The lowest BCUT2D eigenvalue weighted by Gasteiger charge is -2.23. The Morgan fingerprint density at radius 1 is 0.923 bits per heavy atom. The molecule has 0 unspecified atom stereocenters. The lowest BCUT2D eigenvalue weighted by molar-refractivity contribution is -0.0344. The monoisotopic (exact) mass is 374 g/mol. The van der Waals surface area contributed by atoms with Crippen molar-refractivity contribution in [3.8, 4) is 0 Å². The molecule has 0 amide bonds. The van der Waals surface area contributed by atoms with Crippen molar-refractivity contribution < 1.29 is 17.9 Å². The summed E-state index contributed by atoms with van der Waals surface area (Å²) in [5.74, 6) is 0. The van der Waals surface area contributed by atoms with Gasteiger partial charge in [0.05, 0.1) is 30.7 Å². The average Bonchev–Trinajstić information content (AvgIpc) is 3.42. The zero-order valence-electron chi connectivity index (χ0n) is 15.1. The molecule has 0 N–H and O–H groups in total. The maximum atomic E-state index is 12.1. The highest BCUT2D eigenvalue weighted by atomic mass is 32.2. The summed E-state index contributed by atoms with van der Waals surface area (Å²) in [6.45, 7) is 1.34. The molecule has 0 radical (unpaired) electrons. The van der Waals surface area contributed by atoms with Gasteiger partial charge in [0.15, 0.2) is 9.84 Å². The third kappa shape index (κ3) is 5.16. The standard InChI is InChI=1S/C21H26O4S/c1-26(22,23)21(12-13-21)14-20(25-16-19-10-6-3-7-11-19)17-24-15-18-8-4-2-5-9-18/h2-11,20H,12-17H2,1H3/t20-/m1/s1. The van der Waals surface area contributed by atoms with E-state index in [1.165, 1.54) is 6.26 Å². The molecule has 0 saturated heterocycles. The van der Waals surface area contributed by atoms with Gasteiger partial charge < -0.3 is 9.47 Å². The summed E-state index contributed by atoms with van der Waals surface area (Å²) in [5.41, 5.74) is 2.17. The molecule has 1 atom stereocenters.